The third-order valence-corrected chi connectivity index (χ3v) is 4.65. The SMILES string of the molecule is CCCCC(C(=O)OC)S(=O)(=O)CCCOC. The molecule has 102 valence electrons. The van der Waals surface area contributed by atoms with E-state index >= 15 is 0 Å². The second-order valence-electron chi connectivity index (χ2n) is 3.87. The molecule has 17 heavy (non-hydrogen) atoms. The largest absolute Gasteiger partial charge is 0.468 e. The molecular formula is C11H22O5S. The predicted octanol–water partition coefficient (Wildman–Crippen LogP) is 1.17. The van der Waals surface area contributed by atoms with Crippen LogP contribution in [0.3, 0.4) is 0 Å². The second-order valence-corrected chi connectivity index (χ2v) is 6.17. The van der Waals surface area contributed by atoms with E-state index in [9.17, 15) is 13.2 Å². The molecule has 0 aliphatic heterocycles. The number of unbranched alkanes of at least 4 members (excludes halogenated alkanes) is 1. The van der Waals surface area contributed by atoms with Crippen LogP contribution in [0, 0.1) is 0 Å². The summed E-state index contributed by atoms with van der Waals surface area (Å²) < 4.78 is 33.3. The summed E-state index contributed by atoms with van der Waals surface area (Å²) in [6, 6.07) is 0. The summed E-state index contributed by atoms with van der Waals surface area (Å²) >= 11 is 0. The summed E-state index contributed by atoms with van der Waals surface area (Å²) in [5.41, 5.74) is 0. The lowest BCUT2D eigenvalue weighted by Gasteiger charge is -2.14. The predicted molar refractivity (Wildman–Crippen MR) is 65.6 cm³/mol. The van der Waals surface area contributed by atoms with Crippen molar-refractivity contribution >= 4 is 15.8 Å². The maximum absolute atomic E-state index is 12.0. The van der Waals surface area contributed by atoms with Gasteiger partial charge >= 0.3 is 5.97 Å². The highest BCUT2D eigenvalue weighted by molar-refractivity contribution is 7.92. The Morgan fingerprint density at radius 3 is 2.35 bits per heavy atom. The highest BCUT2D eigenvalue weighted by Gasteiger charge is 2.32. The number of carbonyl (C=O) groups is 1. The zero-order valence-electron chi connectivity index (χ0n) is 10.8. The number of rotatable bonds is 9. The Bertz CT molecular complexity index is 310. The van der Waals surface area contributed by atoms with E-state index in [1.54, 1.807) is 0 Å². The third-order valence-electron chi connectivity index (χ3n) is 2.49. The first-order chi connectivity index (χ1) is 7.99. The normalized spacial score (nSPS) is 13.4. The zero-order valence-corrected chi connectivity index (χ0v) is 11.6. The minimum Gasteiger partial charge on any atom is -0.468 e. The molecule has 0 heterocycles. The molecule has 0 rings (SSSR count). The summed E-state index contributed by atoms with van der Waals surface area (Å²) in [6.07, 6.45) is 2.28. The maximum Gasteiger partial charge on any atom is 0.324 e. The minimum absolute atomic E-state index is 0.0374. The first kappa shape index (κ1) is 16.4. The third kappa shape index (κ3) is 6.02. The average molecular weight is 266 g/mol. The molecule has 0 aliphatic rings. The van der Waals surface area contributed by atoms with Gasteiger partial charge in [-0.25, -0.2) is 8.42 Å². The first-order valence-corrected chi connectivity index (χ1v) is 7.49. The molecule has 1 unspecified atom stereocenters. The summed E-state index contributed by atoms with van der Waals surface area (Å²) in [5.74, 6) is -0.694. The quantitative estimate of drug-likeness (QED) is 0.463. The molecule has 0 amide bonds. The molecule has 1 atom stereocenters. The number of hydrogen-bond acceptors (Lipinski definition) is 5. The number of ether oxygens (including phenoxy) is 2. The molecule has 0 aromatic heterocycles. The zero-order chi connectivity index (χ0) is 13.3. The summed E-state index contributed by atoms with van der Waals surface area (Å²) in [5, 5.41) is -1.02. The Morgan fingerprint density at radius 2 is 1.88 bits per heavy atom. The molecule has 0 aliphatic carbocycles. The van der Waals surface area contributed by atoms with Crippen molar-refractivity contribution in [3.63, 3.8) is 0 Å². The molecule has 0 bridgehead atoms. The van der Waals surface area contributed by atoms with Crippen molar-refractivity contribution in [2.45, 2.75) is 37.9 Å². The topological polar surface area (TPSA) is 69.7 Å². The summed E-state index contributed by atoms with van der Waals surface area (Å²) in [6.45, 7) is 2.33. The van der Waals surface area contributed by atoms with Gasteiger partial charge in [-0.15, -0.1) is 0 Å². The van der Waals surface area contributed by atoms with Crippen molar-refractivity contribution in [3.8, 4) is 0 Å². The van der Waals surface area contributed by atoms with E-state index in [-0.39, 0.29) is 5.75 Å². The minimum atomic E-state index is -3.43. The lowest BCUT2D eigenvalue weighted by Crippen LogP contribution is -2.33. The second kappa shape index (κ2) is 8.47. The summed E-state index contributed by atoms with van der Waals surface area (Å²) in [4.78, 5) is 11.5. The fourth-order valence-electron chi connectivity index (χ4n) is 1.51. The van der Waals surface area contributed by atoms with Crippen LogP contribution in [-0.2, 0) is 24.1 Å². The van der Waals surface area contributed by atoms with Crippen LogP contribution in [0.1, 0.15) is 32.6 Å². The Labute approximate surface area is 103 Å². The van der Waals surface area contributed by atoms with E-state index in [1.807, 2.05) is 6.92 Å². The number of esters is 1. The van der Waals surface area contributed by atoms with Gasteiger partial charge in [0.1, 0.15) is 0 Å². The molecular weight excluding hydrogens is 244 g/mol. The van der Waals surface area contributed by atoms with Crippen LogP contribution in [0.25, 0.3) is 0 Å². The highest BCUT2D eigenvalue weighted by atomic mass is 32.2. The lowest BCUT2D eigenvalue weighted by atomic mass is 10.2. The monoisotopic (exact) mass is 266 g/mol. The summed E-state index contributed by atoms with van der Waals surface area (Å²) in [7, 11) is -0.703. The fourth-order valence-corrected chi connectivity index (χ4v) is 3.23. The van der Waals surface area contributed by atoms with E-state index in [0.29, 0.717) is 25.9 Å². The van der Waals surface area contributed by atoms with Crippen molar-refractivity contribution in [1.29, 1.82) is 0 Å². The molecule has 5 nitrogen and oxygen atoms in total. The van der Waals surface area contributed by atoms with Crippen molar-refractivity contribution in [2.75, 3.05) is 26.6 Å². The molecule has 0 aromatic rings. The lowest BCUT2D eigenvalue weighted by molar-refractivity contribution is -0.140. The smallest absolute Gasteiger partial charge is 0.324 e. The van der Waals surface area contributed by atoms with Gasteiger partial charge in [-0.2, -0.15) is 0 Å². The fraction of sp³-hybridized carbons (Fsp3) is 0.909. The van der Waals surface area contributed by atoms with Gasteiger partial charge < -0.3 is 9.47 Å². The first-order valence-electron chi connectivity index (χ1n) is 5.78. The molecule has 0 N–H and O–H groups in total. The van der Waals surface area contributed by atoms with E-state index in [0.717, 1.165) is 6.42 Å². The Hall–Kier alpha value is -0.620. The van der Waals surface area contributed by atoms with Crippen LogP contribution >= 0.6 is 0 Å². The molecule has 0 aromatic carbocycles. The molecule has 0 saturated carbocycles. The van der Waals surface area contributed by atoms with Gasteiger partial charge in [0.15, 0.2) is 15.1 Å². The van der Waals surface area contributed by atoms with Gasteiger partial charge in [0, 0.05) is 13.7 Å². The van der Waals surface area contributed by atoms with Gasteiger partial charge in [-0.05, 0) is 12.8 Å². The number of carbonyl (C=O) groups excluding carboxylic acids is 1. The molecule has 0 fully saturated rings. The van der Waals surface area contributed by atoms with Crippen LogP contribution in [0.4, 0.5) is 0 Å². The van der Waals surface area contributed by atoms with Gasteiger partial charge in [-0.3, -0.25) is 4.79 Å². The molecule has 0 saturated heterocycles. The Morgan fingerprint density at radius 1 is 1.24 bits per heavy atom. The number of sulfone groups is 1. The van der Waals surface area contributed by atoms with Crippen molar-refractivity contribution in [2.24, 2.45) is 0 Å². The van der Waals surface area contributed by atoms with Crippen LogP contribution in [-0.4, -0.2) is 46.2 Å². The van der Waals surface area contributed by atoms with Crippen molar-refractivity contribution < 1.29 is 22.7 Å². The number of hydrogen-bond donors (Lipinski definition) is 0. The van der Waals surface area contributed by atoms with E-state index in [4.69, 9.17) is 4.74 Å². The molecule has 0 spiro atoms. The average Bonchev–Trinajstić information content (AvgIpc) is 2.29. The van der Waals surface area contributed by atoms with Gasteiger partial charge in [0.25, 0.3) is 0 Å². The van der Waals surface area contributed by atoms with Crippen LogP contribution in [0.15, 0.2) is 0 Å². The maximum atomic E-state index is 12.0. The van der Waals surface area contributed by atoms with Gasteiger partial charge in [-0.1, -0.05) is 19.8 Å². The van der Waals surface area contributed by atoms with E-state index < -0.39 is 21.1 Å². The molecule has 6 heteroatoms. The van der Waals surface area contributed by atoms with Crippen LogP contribution in [0.5, 0.6) is 0 Å². The van der Waals surface area contributed by atoms with Gasteiger partial charge in [0.2, 0.25) is 0 Å². The standard InChI is InChI=1S/C11H22O5S/c1-4-5-7-10(11(12)16-3)17(13,14)9-6-8-15-2/h10H,4-9H2,1-3H3. The number of methoxy groups -OCH3 is 2. The van der Waals surface area contributed by atoms with Crippen molar-refractivity contribution in [1.82, 2.24) is 0 Å². The van der Waals surface area contributed by atoms with E-state index in [2.05, 4.69) is 4.74 Å². The highest BCUT2D eigenvalue weighted by Crippen LogP contribution is 2.14. The van der Waals surface area contributed by atoms with Crippen LogP contribution in [0.2, 0.25) is 0 Å². The Kier molecular flexibility index (Phi) is 8.16. The Balaban J connectivity index is 4.59. The molecule has 0 radical (unpaired) electrons. The van der Waals surface area contributed by atoms with Gasteiger partial charge in [0.05, 0.1) is 12.9 Å². The van der Waals surface area contributed by atoms with Crippen molar-refractivity contribution in [3.05, 3.63) is 0 Å². The van der Waals surface area contributed by atoms with E-state index in [1.165, 1.54) is 14.2 Å². The van der Waals surface area contributed by atoms with Crippen LogP contribution < -0.4 is 0 Å².